The lowest BCUT2D eigenvalue weighted by molar-refractivity contribution is 0.337. The molecule has 0 spiro atoms. The summed E-state index contributed by atoms with van der Waals surface area (Å²) < 4.78 is 6.56. The van der Waals surface area contributed by atoms with Crippen molar-refractivity contribution in [1.82, 2.24) is 0 Å². The molecule has 0 fully saturated rings. The Morgan fingerprint density at radius 1 is 1.10 bits per heavy atom. The second-order valence-electron chi connectivity index (χ2n) is 4.18. The summed E-state index contributed by atoms with van der Waals surface area (Å²) in [7, 11) is 0. The van der Waals surface area contributed by atoms with E-state index < -0.39 is 0 Å². The van der Waals surface area contributed by atoms with Gasteiger partial charge in [-0.2, -0.15) is 0 Å². The van der Waals surface area contributed by atoms with Crippen LogP contribution >= 0.6 is 50.7 Å². The first-order valence-electron chi connectivity index (χ1n) is 6.03. The Hall–Kier alpha value is -0.410. The molecule has 0 radical (unpaired) electrons. The predicted octanol–water partition coefficient (Wildman–Crippen LogP) is 6.48. The van der Waals surface area contributed by atoms with Gasteiger partial charge in [0.2, 0.25) is 0 Å². The summed E-state index contributed by atoms with van der Waals surface area (Å²) in [4.78, 5) is 0. The van der Waals surface area contributed by atoms with Crippen molar-refractivity contribution in [3.63, 3.8) is 0 Å². The van der Waals surface area contributed by atoms with Crippen molar-refractivity contribution in [1.29, 1.82) is 0 Å². The molecule has 2 rings (SSSR count). The molecule has 1 nitrogen and oxygen atoms in total. The Labute approximate surface area is 141 Å². The molecule has 0 aliphatic carbocycles. The summed E-state index contributed by atoms with van der Waals surface area (Å²) >= 11 is 22.1. The highest BCUT2D eigenvalue weighted by molar-refractivity contribution is 9.10. The zero-order valence-electron chi connectivity index (χ0n) is 10.7. The van der Waals surface area contributed by atoms with Crippen LogP contribution in [0.4, 0.5) is 0 Å². The molecule has 0 aliphatic heterocycles. The molecule has 0 amide bonds. The van der Waals surface area contributed by atoms with Gasteiger partial charge in [0.25, 0.3) is 0 Å². The number of rotatable bonds is 4. The highest BCUT2D eigenvalue weighted by Crippen LogP contribution is 2.38. The maximum atomic E-state index is 6.57. The lowest BCUT2D eigenvalue weighted by Gasteiger charge is -2.16. The Morgan fingerprint density at radius 3 is 2.35 bits per heavy atom. The highest BCUT2D eigenvalue weighted by atomic mass is 79.9. The van der Waals surface area contributed by atoms with Crippen LogP contribution in [0, 0.1) is 0 Å². The van der Waals surface area contributed by atoms with E-state index in [-0.39, 0.29) is 5.38 Å². The largest absolute Gasteiger partial charge is 0.494 e. The topological polar surface area (TPSA) is 9.23 Å². The van der Waals surface area contributed by atoms with Crippen LogP contribution in [0.3, 0.4) is 0 Å². The number of ether oxygens (including phenoxy) is 1. The zero-order valence-corrected chi connectivity index (χ0v) is 14.5. The lowest BCUT2D eigenvalue weighted by atomic mass is 10.0. The van der Waals surface area contributed by atoms with Gasteiger partial charge in [0.15, 0.2) is 0 Å². The quantitative estimate of drug-likeness (QED) is 0.539. The van der Waals surface area contributed by atoms with Gasteiger partial charge in [0, 0.05) is 20.1 Å². The first kappa shape index (κ1) is 16.0. The highest BCUT2D eigenvalue weighted by Gasteiger charge is 2.17. The minimum absolute atomic E-state index is 0.384. The molecule has 1 atom stereocenters. The van der Waals surface area contributed by atoms with E-state index in [1.54, 1.807) is 6.07 Å². The number of alkyl halides is 1. The van der Waals surface area contributed by atoms with Crippen LogP contribution in [-0.4, -0.2) is 6.61 Å². The third-order valence-electron chi connectivity index (χ3n) is 2.72. The molecule has 0 N–H and O–H groups in total. The Balaban J connectivity index is 2.46. The predicted molar refractivity (Wildman–Crippen MR) is 89.5 cm³/mol. The van der Waals surface area contributed by atoms with E-state index in [1.165, 1.54) is 0 Å². The van der Waals surface area contributed by atoms with Crippen LogP contribution in [-0.2, 0) is 0 Å². The fraction of sp³-hybridized carbons (Fsp3) is 0.200. The maximum Gasteiger partial charge on any atom is 0.124 e. The van der Waals surface area contributed by atoms with E-state index in [0.29, 0.717) is 16.7 Å². The van der Waals surface area contributed by atoms with Gasteiger partial charge in [-0.15, -0.1) is 11.6 Å². The number of hydrogen-bond acceptors (Lipinski definition) is 1. The molecule has 5 heteroatoms. The molecule has 0 bridgehead atoms. The van der Waals surface area contributed by atoms with Crippen LogP contribution < -0.4 is 4.74 Å². The van der Waals surface area contributed by atoms with Crippen LogP contribution in [0.25, 0.3) is 0 Å². The van der Waals surface area contributed by atoms with Gasteiger partial charge in [0.05, 0.1) is 12.0 Å². The summed E-state index contributed by atoms with van der Waals surface area (Å²) in [5.41, 5.74) is 1.71. The van der Waals surface area contributed by atoms with Crippen molar-refractivity contribution in [3.8, 4) is 5.75 Å². The molecule has 106 valence electrons. The van der Waals surface area contributed by atoms with Crippen LogP contribution in [0.15, 0.2) is 40.9 Å². The van der Waals surface area contributed by atoms with Crippen molar-refractivity contribution in [2.45, 2.75) is 12.3 Å². The summed E-state index contributed by atoms with van der Waals surface area (Å²) in [5, 5.41) is 0.738. The fourth-order valence-corrected chi connectivity index (χ4v) is 3.12. The average Bonchev–Trinajstić information content (AvgIpc) is 2.39. The third kappa shape index (κ3) is 3.82. The van der Waals surface area contributed by atoms with Gasteiger partial charge in [-0.3, -0.25) is 0 Å². The molecule has 0 saturated carbocycles. The minimum Gasteiger partial charge on any atom is -0.494 e. The van der Waals surface area contributed by atoms with Crippen molar-refractivity contribution in [2.75, 3.05) is 6.61 Å². The second-order valence-corrected chi connectivity index (χ2v) is 6.41. The molecule has 0 heterocycles. The first-order valence-corrected chi connectivity index (χ1v) is 8.02. The molecule has 1 unspecified atom stereocenters. The smallest absolute Gasteiger partial charge is 0.124 e. The summed E-state index contributed by atoms with van der Waals surface area (Å²) in [5.74, 6) is 0.756. The van der Waals surface area contributed by atoms with E-state index in [2.05, 4.69) is 15.9 Å². The molecule has 0 saturated heterocycles. The standard InChI is InChI=1S/C15H12BrCl3O/c1-2-20-14-4-3-10(16)7-13(14)15(19)9-5-11(17)8-12(18)6-9/h3-8,15H,2H2,1H3. The van der Waals surface area contributed by atoms with Crippen molar-refractivity contribution in [2.24, 2.45) is 0 Å². The van der Waals surface area contributed by atoms with Gasteiger partial charge >= 0.3 is 0 Å². The molecule has 0 aromatic heterocycles. The monoisotopic (exact) mass is 392 g/mol. The second kappa shape index (κ2) is 7.04. The number of hydrogen-bond donors (Lipinski definition) is 0. The molecular weight excluding hydrogens is 382 g/mol. The Kier molecular flexibility index (Phi) is 5.62. The van der Waals surface area contributed by atoms with E-state index in [4.69, 9.17) is 39.5 Å². The van der Waals surface area contributed by atoms with E-state index in [1.807, 2.05) is 37.3 Å². The van der Waals surface area contributed by atoms with Gasteiger partial charge < -0.3 is 4.74 Å². The fourth-order valence-electron chi connectivity index (χ4n) is 1.91. The van der Waals surface area contributed by atoms with Gasteiger partial charge in [0.1, 0.15) is 5.75 Å². The van der Waals surface area contributed by atoms with Gasteiger partial charge in [-0.25, -0.2) is 0 Å². The molecule has 0 aliphatic rings. The van der Waals surface area contributed by atoms with E-state index in [0.717, 1.165) is 21.3 Å². The molecule has 2 aromatic carbocycles. The van der Waals surface area contributed by atoms with Crippen LogP contribution in [0.5, 0.6) is 5.75 Å². The minimum atomic E-state index is -0.384. The average molecular weight is 395 g/mol. The maximum absolute atomic E-state index is 6.57. The lowest BCUT2D eigenvalue weighted by Crippen LogP contribution is -2.00. The van der Waals surface area contributed by atoms with Gasteiger partial charge in [-0.05, 0) is 48.9 Å². The van der Waals surface area contributed by atoms with Crippen molar-refractivity contribution < 1.29 is 4.74 Å². The summed E-state index contributed by atoms with van der Waals surface area (Å²) in [6.45, 7) is 2.51. The zero-order chi connectivity index (χ0) is 14.7. The Morgan fingerprint density at radius 2 is 1.75 bits per heavy atom. The number of benzene rings is 2. The van der Waals surface area contributed by atoms with Crippen LogP contribution in [0.2, 0.25) is 10.0 Å². The molecular formula is C15H12BrCl3O. The van der Waals surface area contributed by atoms with Gasteiger partial charge in [-0.1, -0.05) is 39.1 Å². The summed E-state index contributed by atoms with van der Waals surface area (Å²) in [6, 6.07) is 11.1. The SMILES string of the molecule is CCOc1ccc(Br)cc1C(Cl)c1cc(Cl)cc(Cl)c1. The van der Waals surface area contributed by atoms with Crippen molar-refractivity contribution in [3.05, 3.63) is 62.0 Å². The number of halogens is 4. The molecule has 2 aromatic rings. The Bertz CT molecular complexity index is 596. The summed E-state index contributed by atoms with van der Waals surface area (Å²) in [6.07, 6.45) is 0. The van der Waals surface area contributed by atoms with E-state index in [9.17, 15) is 0 Å². The molecule has 20 heavy (non-hydrogen) atoms. The van der Waals surface area contributed by atoms with E-state index >= 15 is 0 Å². The van der Waals surface area contributed by atoms with Crippen LogP contribution in [0.1, 0.15) is 23.4 Å². The third-order valence-corrected chi connectivity index (χ3v) is 4.14. The normalized spacial score (nSPS) is 12.2. The van der Waals surface area contributed by atoms with Crippen molar-refractivity contribution >= 4 is 50.7 Å². The first-order chi connectivity index (χ1) is 9.51.